The highest BCUT2D eigenvalue weighted by Gasteiger charge is 2.73. The normalized spacial score (nSPS) is 29.6. The van der Waals surface area contributed by atoms with Gasteiger partial charge >= 0.3 is 0 Å². The molecule has 1 aliphatic carbocycles. The Labute approximate surface area is 122 Å². The van der Waals surface area contributed by atoms with Crippen LogP contribution in [0.5, 0.6) is 0 Å². The summed E-state index contributed by atoms with van der Waals surface area (Å²) in [5, 5.41) is 5.42. The lowest BCUT2D eigenvalue weighted by Gasteiger charge is -2.12. The number of nitrogens with one attached hydrogen (secondary N) is 2. The standard InChI is InChI=1S/C16H16N2O3/c1-3-8-17-14(20)11-12-15(21)18-10-7-5-4-6-9(10)13(19)16(11,12)2/h3-7,11-12H,1,8H2,2H3,(H,17,20)(H,18,21)/t11-,12+,16+/m0/s1. The zero-order chi connectivity index (χ0) is 15.2. The summed E-state index contributed by atoms with van der Waals surface area (Å²) in [6, 6.07) is 6.90. The van der Waals surface area contributed by atoms with Gasteiger partial charge in [-0.05, 0) is 12.1 Å². The van der Waals surface area contributed by atoms with Crippen LogP contribution in [0.15, 0.2) is 36.9 Å². The molecule has 3 rings (SSSR count). The van der Waals surface area contributed by atoms with Gasteiger partial charge < -0.3 is 10.6 Å². The maximum atomic E-state index is 12.7. The third-order valence-corrected chi connectivity index (χ3v) is 4.42. The highest BCUT2D eigenvalue weighted by Crippen LogP contribution is 2.62. The van der Waals surface area contributed by atoms with Gasteiger partial charge in [0.15, 0.2) is 5.78 Å². The van der Waals surface area contributed by atoms with E-state index in [1.165, 1.54) is 0 Å². The topological polar surface area (TPSA) is 75.3 Å². The van der Waals surface area contributed by atoms with E-state index in [4.69, 9.17) is 0 Å². The summed E-state index contributed by atoms with van der Waals surface area (Å²) >= 11 is 0. The van der Waals surface area contributed by atoms with E-state index in [0.717, 1.165) is 0 Å². The van der Waals surface area contributed by atoms with Crippen LogP contribution in [0.3, 0.4) is 0 Å². The van der Waals surface area contributed by atoms with Gasteiger partial charge in [-0.25, -0.2) is 0 Å². The SMILES string of the molecule is C=CCNC(=O)[C@@H]1[C@@H]2C(=O)Nc3ccccc3C(=O)[C@]12C. The highest BCUT2D eigenvalue weighted by atomic mass is 16.2. The lowest BCUT2D eigenvalue weighted by atomic mass is 9.92. The fourth-order valence-electron chi connectivity index (χ4n) is 3.22. The molecule has 0 saturated heterocycles. The van der Waals surface area contributed by atoms with Crippen molar-refractivity contribution in [3.05, 3.63) is 42.5 Å². The summed E-state index contributed by atoms with van der Waals surface area (Å²) in [5.41, 5.74) is 0.0307. The minimum atomic E-state index is -0.956. The summed E-state index contributed by atoms with van der Waals surface area (Å²) in [4.78, 5) is 37.2. The van der Waals surface area contributed by atoms with Gasteiger partial charge in [-0.2, -0.15) is 0 Å². The van der Waals surface area contributed by atoms with E-state index < -0.39 is 17.3 Å². The van der Waals surface area contributed by atoms with Crippen LogP contribution in [0.25, 0.3) is 0 Å². The minimum Gasteiger partial charge on any atom is -0.352 e. The molecule has 1 aliphatic heterocycles. The van der Waals surface area contributed by atoms with Crippen LogP contribution in [0.1, 0.15) is 17.3 Å². The van der Waals surface area contributed by atoms with Crippen LogP contribution in [0.2, 0.25) is 0 Å². The van der Waals surface area contributed by atoms with E-state index in [0.29, 0.717) is 17.8 Å². The molecule has 5 nitrogen and oxygen atoms in total. The maximum absolute atomic E-state index is 12.7. The number of Topliss-reactive ketones (excluding diaryl/α,β-unsaturated/α-hetero) is 1. The van der Waals surface area contributed by atoms with Crippen molar-refractivity contribution in [2.24, 2.45) is 17.3 Å². The van der Waals surface area contributed by atoms with Crippen LogP contribution in [0.4, 0.5) is 5.69 Å². The van der Waals surface area contributed by atoms with Crippen LogP contribution < -0.4 is 10.6 Å². The van der Waals surface area contributed by atoms with Crippen molar-refractivity contribution in [1.82, 2.24) is 5.32 Å². The van der Waals surface area contributed by atoms with Gasteiger partial charge in [0, 0.05) is 12.1 Å². The van der Waals surface area contributed by atoms with E-state index in [-0.39, 0.29) is 17.6 Å². The molecule has 3 atom stereocenters. The van der Waals surface area contributed by atoms with Crippen molar-refractivity contribution in [1.29, 1.82) is 0 Å². The second kappa shape index (κ2) is 4.55. The van der Waals surface area contributed by atoms with Crippen molar-refractivity contribution in [2.45, 2.75) is 6.92 Å². The second-order valence-electron chi connectivity index (χ2n) is 5.64. The molecule has 1 heterocycles. The molecule has 1 aromatic carbocycles. The minimum absolute atomic E-state index is 0.153. The lowest BCUT2D eigenvalue weighted by Crippen LogP contribution is -2.30. The number of carbonyl (C=O) groups is 3. The summed E-state index contributed by atoms with van der Waals surface area (Å²) in [7, 11) is 0. The molecule has 5 heteroatoms. The number of hydrogen-bond acceptors (Lipinski definition) is 3. The van der Waals surface area contributed by atoms with Gasteiger partial charge in [-0.1, -0.05) is 25.1 Å². The molecule has 0 radical (unpaired) electrons. The number of hydrogen-bond donors (Lipinski definition) is 2. The zero-order valence-corrected chi connectivity index (χ0v) is 11.7. The van der Waals surface area contributed by atoms with Gasteiger partial charge in [0.05, 0.1) is 22.9 Å². The van der Waals surface area contributed by atoms with Crippen molar-refractivity contribution < 1.29 is 14.4 Å². The summed E-state index contributed by atoms with van der Waals surface area (Å²) in [5.74, 6) is -1.92. The largest absolute Gasteiger partial charge is 0.352 e. The zero-order valence-electron chi connectivity index (χ0n) is 11.7. The van der Waals surface area contributed by atoms with Crippen molar-refractivity contribution in [3.8, 4) is 0 Å². The number of amides is 2. The Morgan fingerprint density at radius 1 is 1.43 bits per heavy atom. The van der Waals surface area contributed by atoms with Gasteiger partial charge in [-0.3, -0.25) is 14.4 Å². The van der Waals surface area contributed by atoms with E-state index in [1.807, 2.05) is 0 Å². The molecular weight excluding hydrogens is 268 g/mol. The number of anilines is 1. The molecule has 0 aromatic heterocycles. The van der Waals surface area contributed by atoms with Gasteiger partial charge in [0.25, 0.3) is 0 Å². The number of carbonyl (C=O) groups excluding carboxylic acids is 3. The molecule has 2 amide bonds. The Morgan fingerprint density at radius 3 is 2.86 bits per heavy atom. The Hall–Kier alpha value is -2.43. The molecule has 0 bridgehead atoms. The van der Waals surface area contributed by atoms with Crippen LogP contribution in [-0.2, 0) is 9.59 Å². The van der Waals surface area contributed by atoms with Crippen LogP contribution in [0, 0.1) is 17.3 Å². The predicted molar refractivity (Wildman–Crippen MR) is 77.7 cm³/mol. The van der Waals surface area contributed by atoms with Crippen molar-refractivity contribution in [2.75, 3.05) is 11.9 Å². The number of rotatable bonds is 3. The van der Waals surface area contributed by atoms with Gasteiger partial charge in [0.2, 0.25) is 11.8 Å². The Kier molecular flexibility index (Phi) is 2.93. The van der Waals surface area contributed by atoms with E-state index in [2.05, 4.69) is 17.2 Å². The molecule has 1 saturated carbocycles. The van der Waals surface area contributed by atoms with Crippen molar-refractivity contribution >= 4 is 23.3 Å². The number of fused-ring (bicyclic) bond motifs is 2. The quantitative estimate of drug-likeness (QED) is 0.823. The molecule has 21 heavy (non-hydrogen) atoms. The Balaban J connectivity index is 1.97. The average Bonchev–Trinajstić information content (AvgIpc) is 3.13. The third-order valence-electron chi connectivity index (χ3n) is 4.42. The fraction of sp³-hybridized carbons (Fsp3) is 0.312. The number of benzene rings is 1. The first-order chi connectivity index (χ1) is 10.0. The van der Waals surface area contributed by atoms with Gasteiger partial charge in [-0.15, -0.1) is 6.58 Å². The second-order valence-corrected chi connectivity index (χ2v) is 5.64. The molecule has 1 fully saturated rings. The van der Waals surface area contributed by atoms with E-state index in [1.54, 1.807) is 37.3 Å². The first-order valence-electron chi connectivity index (χ1n) is 6.85. The predicted octanol–water partition coefficient (Wildman–Crippen LogP) is 1.38. The van der Waals surface area contributed by atoms with E-state index >= 15 is 0 Å². The third kappa shape index (κ3) is 1.81. The molecule has 0 unspecified atom stereocenters. The molecule has 2 N–H and O–H groups in total. The summed E-state index contributed by atoms with van der Waals surface area (Å²) in [6.07, 6.45) is 1.57. The maximum Gasteiger partial charge on any atom is 0.229 e. The molecule has 108 valence electrons. The van der Waals surface area contributed by atoms with Crippen LogP contribution >= 0.6 is 0 Å². The van der Waals surface area contributed by atoms with E-state index in [9.17, 15) is 14.4 Å². The number of ketones is 1. The molecule has 1 aromatic rings. The molecule has 2 aliphatic rings. The highest BCUT2D eigenvalue weighted by molar-refractivity contribution is 6.19. The summed E-state index contributed by atoms with van der Waals surface area (Å²) < 4.78 is 0. The monoisotopic (exact) mass is 284 g/mol. The Bertz CT molecular complexity index is 667. The van der Waals surface area contributed by atoms with Gasteiger partial charge in [0.1, 0.15) is 0 Å². The lowest BCUT2D eigenvalue weighted by molar-refractivity contribution is -0.125. The Morgan fingerprint density at radius 2 is 2.14 bits per heavy atom. The first-order valence-corrected chi connectivity index (χ1v) is 6.85. The number of para-hydroxylation sites is 1. The van der Waals surface area contributed by atoms with Crippen molar-refractivity contribution in [3.63, 3.8) is 0 Å². The fourth-order valence-corrected chi connectivity index (χ4v) is 3.22. The average molecular weight is 284 g/mol. The van der Waals surface area contributed by atoms with Crippen LogP contribution in [-0.4, -0.2) is 24.1 Å². The molecular formula is C16H16N2O3. The smallest absolute Gasteiger partial charge is 0.229 e. The first kappa shape index (κ1) is 13.5. The summed E-state index contributed by atoms with van der Waals surface area (Å²) in [6.45, 7) is 5.55. The molecule has 0 spiro atoms.